The molecule has 2 rings (SSSR count). The van der Waals surface area contributed by atoms with E-state index in [1.54, 1.807) is 30.3 Å². The Hall–Kier alpha value is -3.22. The minimum atomic E-state index is -1.19. The number of hydrogen-bond donors (Lipinski definition) is 3. The largest absolute Gasteiger partial charge is 0.480 e. The van der Waals surface area contributed by atoms with Crippen molar-refractivity contribution in [1.29, 1.82) is 0 Å². The van der Waals surface area contributed by atoms with Crippen molar-refractivity contribution in [1.82, 2.24) is 10.6 Å². The fourth-order valence-corrected chi connectivity index (χ4v) is 2.27. The van der Waals surface area contributed by atoms with Crippen LogP contribution in [0.25, 0.3) is 0 Å². The lowest BCUT2D eigenvalue weighted by Crippen LogP contribution is -2.51. The molecule has 2 aromatic carbocycles. The van der Waals surface area contributed by atoms with E-state index in [-0.39, 0.29) is 6.42 Å². The van der Waals surface area contributed by atoms with Crippen LogP contribution in [0.1, 0.15) is 22.8 Å². The number of aliphatic carboxylic acids is 1. The average Bonchev–Trinajstić information content (AvgIpc) is 2.63. The number of nitrogens with one attached hydrogen (secondary N) is 2. The third-order valence-corrected chi connectivity index (χ3v) is 3.74. The molecule has 0 saturated heterocycles. The molecular formula is C19H19FN2O4. The van der Waals surface area contributed by atoms with Crippen molar-refractivity contribution in [3.63, 3.8) is 0 Å². The van der Waals surface area contributed by atoms with E-state index >= 15 is 0 Å². The van der Waals surface area contributed by atoms with E-state index < -0.39 is 35.7 Å². The van der Waals surface area contributed by atoms with Gasteiger partial charge in [-0.1, -0.05) is 30.3 Å². The second kappa shape index (κ2) is 8.75. The summed E-state index contributed by atoms with van der Waals surface area (Å²) in [5.41, 5.74) is 0.999. The summed E-state index contributed by atoms with van der Waals surface area (Å²) in [7, 11) is 0. The Morgan fingerprint density at radius 1 is 1.00 bits per heavy atom. The van der Waals surface area contributed by atoms with E-state index in [0.717, 1.165) is 0 Å². The number of carbonyl (C=O) groups excluding carboxylic acids is 2. The highest BCUT2D eigenvalue weighted by Gasteiger charge is 2.25. The zero-order chi connectivity index (χ0) is 19.1. The smallest absolute Gasteiger partial charge is 0.325 e. The van der Waals surface area contributed by atoms with Crippen LogP contribution < -0.4 is 10.6 Å². The van der Waals surface area contributed by atoms with Gasteiger partial charge in [0.25, 0.3) is 5.91 Å². The molecule has 0 saturated carbocycles. The van der Waals surface area contributed by atoms with E-state index in [0.29, 0.717) is 11.1 Å². The lowest BCUT2D eigenvalue weighted by atomic mass is 10.0. The molecule has 0 aliphatic carbocycles. The number of carbonyl (C=O) groups is 3. The van der Waals surface area contributed by atoms with Crippen molar-refractivity contribution >= 4 is 17.8 Å². The highest BCUT2D eigenvalue weighted by molar-refractivity contribution is 5.98. The summed E-state index contributed by atoms with van der Waals surface area (Å²) in [6, 6.07) is 11.7. The third kappa shape index (κ3) is 5.41. The zero-order valence-electron chi connectivity index (χ0n) is 14.1. The molecule has 2 aromatic rings. The number of amides is 2. The molecule has 0 aliphatic rings. The molecule has 7 heteroatoms. The number of hydrogen-bond acceptors (Lipinski definition) is 3. The van der Waals surface area contributed by atoms with Crippen LogP contribution in [0.5, 0.6) is 0 Å². The molecule has 6 nitrogen and oxygen atoms in total. The van der Waals surface area contributed by atoms with E-state index in [1.807, 2.05) is 0 Å². The minimum absolute atomic E-state index is 0.0943. The fourth-order valence-electron chi connectivity index (χ4n) is 2.27. The standard InChI is InChI=1S/C19H19FN2O4/c1-12(19(25)26)21-18(24)16(11-13-7-9-15(20)10-8-13)22-17(23)14-5-3-2-4-6-14/h2-10,12,16H,11H2,1H3,(H,21,24)(H,22,23)(H,25,26)/t12-,16+/m0/s1. The van der Waals surface area contributed by atoms with Crippen LogP contribution in [0.3, 0.4) is 0 Å². The van der Waals surface area contributed by atoms with E-state index in [4.69, 9.17) is 5.11 Å². The molecule has 136 valence electrons. The maximum absolute atomic E-state index is 13.1. The topological polar surface area (TPSA) is 95.5 Å². The minimum Gasteiger partial charge on any atom is -0.480 e. The first-order valence-corrected chi connectivity index (χ1v) is 8.00. The van der Waals surface area contributed by atoms with Gasteiger partial charge in [0.1, 0.15) is 17.9 Å². The van der Waals surface area contributed by atoms with Crippen LogP contribution in [0.4, 0.5) is 4.39 Å². The van der Waals surface area contributed by atoms with Crippen molar-refractivity contribution in [3.05, 3.63) is 71.5 Å². The molecule has 0 heterocycles. The van der Waals surface area contributed by atoms with E-state index in [9.17, 15) is 18.8 Å². The van der Waals surface area contributed by atoms with Crippen molar-refractivity contribution < 1.29 is 23.9 Å². The van der Waals surface area contributed by atoms with Gasteiger partial charge >= 0.3 is 5.97 Å². The number of rotatable bonds is 7. The molecule has 0 fully saturated rings. The highest BCUT2D eigenvalue weighted by Crippen LogP contribution is 2.08. The summed E-state index contributed by atoms with van der Waals surface area (Å²) in [6.45, 7) is 1.33. The van der Waals surface area contributed by atoms with Gasteiger partial charge in [-0.15, -0.1) is 0 Å². The van der Waals surface area contributed by atoms with Crippen LogP contribution in [0.15, 0.2) is 54.6 Å². The maximum atomic E-state index is 13.1. The fraction of sp³-hybridized carbons (Fsp3) is 0.211. The van der Waals surface area contributed by atoms with Crippen molar-refractivity contribution in [2.75, 3.05) is 0 Å². The normalized spacial score (nSPS) is 12.7. The molecular weight excluding hydrogens is 339 g/mol. The van der Waals surface area contributed by atoms with Gasteiger partial charge in [0.05, 0.1) is 0 Å². The third-order valence-electron chi connectivity index (χ3n) is 3.74. The molecule has 0 unspecified atom stereocenters. The van der Waals surface area contributed by atoms with E-state index in [1.165, 1.54) is 31.2 Å². The van der Waals surface area contributed by atoms with Crippen LogP contribution in [0, 0.1) is 5.82 Å². The van der Waals surface area contributed by atoms with Gasteiger partial charge < -0.3 is 15.7 Å². The first-order chi connectivity index (χ1) is 12.4. The summed E-state index contributed by atoms with van der Waals surface area (Å²) in [5.74, 6) is -2.69. The quantitative estimate of drug-likeness (QED) is 0.703. The predicted molar refractivity (Wildman–Crippen MR) is 93.0 cm³/mol. The second-order valence-corrected chi connectivity index (χ2v) is 5.79. The molecule has 0 spiro atoms. The number of benzene rings is 2. The monoisotopic (exact) mass is 358 g/mol. The maximum Gasteiger partial charge on any atom is 0.325 e. The molecule has 26 heavy (non-hydrogen) atoms. The van der Waals surface area contributed by atoms with Gasteiger partial charge in [-0.25, -0.2) is 4.39 Å². The molecule has 2 atom stereocenters. The molecule has 0 aromatic heterocycles. The Bertz CT molecular complexity index is 778. The summed E-state index contributed by atoms with van der Waals surface area (Å²) >= 11 is 0. The first-order valence-electron chi connectivity index (χ1n) is 8.00. The predicted octanol–water partition coefficient (Wildman–Crippen LogP) is 1.76. The zero-order valence-corrected chi connectivity index (χ0v) is 14.1. The molecule has 2 amide bonds. The van der Waals surface area contributed by atoms with Gasteiger partial charge in [0.2, 0.25) is 5.91 Å². The molecule has 0 aliphatic heterocycles. The van der Waals surface area contributed by atoms with Gasteiger partial charge in [-0.2, -0.15) is 0 Å². The number of carboxylic acid groups (broad SMARTS) is 1. The average molecular weight is 358 g/mol. The van der Waals surface area contributed by atoms with Gasteiger partial charge in [-0.3, -0.25) is 14.4 Å². The van der Waals surface area contributed by atoms with Crippen LogP contribution in [-0.2, 0) is 16.0 Å². The van der Waals surface area contributed by atoms with Crippen LogP contribution >= 0.6 is 0 Å². The SMILES string of the molecule is C[C@H](NC(=O)[C@@H](Cc1ccc(F)cc1)NC(=O)c1ccccc1)C(=O)O. The highest BCUT2D eigenvalue weighted by atomic mass is 19.1. The first kappa shape index (κ1) is 19.1. The van der Waals surface area contributed by atoms with Crippen LogP contribution in [0.2, 0.25) is 0 Å². The molecule has 0 bridgehead atoms. The Morgan fingerprint density at radius 2 is 1.62 bits per heavy atom. The summed E-state index contributed by atoms with van der Waals surface area (Å²) in [6.07, 6.45) is 0.0943. The van der Waals surface area contributed by atoms with E-state index in [2.05, 4.69) is 10.6 Å². The Labute approximate surface area is 150 Å². The van der Waals surface area contributed by atoms with Crippen LogP contribution in [-0.4, -0.2) is 35.0 Å². The Kier molecular flexibility index (Phi) is 6.43. The molecule has 0 radical (unpaired) electrons. The molecule has 3 N–H and O–H groups in total. The van der Waals surface area contributed by atoms with Crippen molar-refractivity contribution in [2.45, 2.75) is 25.4 Å². The van der Waals surface area contributed by atoms with Crippen molar-refractivity contribution in [2.24, 2.45) is 0 Å². The second-order valence-electron chi connectivity index (χ2n) is 5.79. The van der Waals surface area contributed by atoms with Gasteiger partial charge in [0, 0.05) is 12.0 Å². The van der Waals surface area contributed by atoms with Gasteiger partial charge in [0.15, 0.2) is 0 Å². The summed E-state index contributed by atoms with van der Waals surface area (Å²) in [4.78, 5) is 35.7. The number of carboxylic acids is 1. The summed E-state index contributed by atoms with van der Waals surface area (Å²) in [5, 5.41) is 13.9. The summed E-state index contributed by atoms with van der Waals surface area (Å²) < 4.78 is 13.1. The van der Waals surface area contributed by atoms with Gasteiger partial charge in [-0.05, 0) is 36.8 Å². The Morgan fingerprint density at radius 3 is 2.19 bits per heavy atom. The number of halogens is 1. The lowest BCUT2D eigenvalue weighted by Gasteiger charge is -2.20. The Balaban J connectivity index is 2.17. The lowest BCUT2D eigenvalue weighted by molar-refractivity contribution is -0.141. The van der Waals surface area contributed by atoms with Crippen molar-refractivity contribution in [3.8, 4) is 0 Å².